The summed E-state index contributed by atoms with van der Waals surface area (Å²) < 4.78 is 38.7. The first-order chi connectivity index (χ1) is 56.6. The standard InChI is InChI=1S/C77H123N15O21S3.2O.Tc/c1-50(91-108)76(3,4)84-32-27-52(28-33-85-77(5,6)51(2)92-109)26-31-82-68(100)23-12-22-67(99)81-29-11-10-20-57-74(107)90-60-47-115-116-48-61(89-73(106)55(40-53-16-8-7-9-17-53)42-64(96)58(43-71(103)104)87-69(101)25-24-63(60)95)65(97)41-54(18-13-30-83-75(79)80)72(105)88-59(46-114-49-70(102)86-57)62(94)21-15-35-111-37-39-112-38-36-110-34-14-19-56(93)44-113-45-66(78)98;;;/h7-9,16-17,52,54-55,57-61,108-109H,10-15,18-49H2,1-6H3,(H2,78,98)(H,81,99)(H,82,100)(H,86,102)(H,87,101)(H,88,105)(H,89,106)(H,90,107)(H,103,104)(H4,79,80,83);;;/q-2;;;+2/b91-50-,92-51-;;;/t54-,55-,57+,58+,59+,60+,61+;;;/m1.../s1. The molecule has 38 nitrogen and oxygen atoms in total. The van der Waals surface area contributed by atoms with Gasteiger partial charge in [-0.15, -0.1) is 35.2 Å². The van der Waals surface area contributed by atoms with Crippen molar-refractivity contribution in [2.24, 2.45) is 50.3 Å². The molecule has 119 heavy (non-hydrogen) atoms. The van der Waals surface area contributed by atoms with E-state index in [4.69, 9.17) is 53.8 Å². The Morgan fingerprint density at radius 2 is 1.13 bits per heavy atom. The Kier molecular flexibility index (Phi) is 56.0. The number of nitrogens with two attached hydrogens (primary N) is 3. The van der Waals surface area contributed by atoms with Gasteiger partial charge in [-0.25, -0.2) is 0 Å². The van der Waals surface area contributed by atoms with Crippen molar-refractivity contribution in [3.8, 4) is 0 Å². The van der Waals surface area contributed by atoms with Gasteiger partial charge in [-0.05, 0) is 89.5 Å². The third-order valence-electron chi connectivity index (χ3n) is 19.3. The van der Waals surface area contributed by atoms with Crippen LogP contribution >= 0.6 is 33.3 Å². The zero-order chi connectivity index (χ0) is 88.6. The Morgan fingerprint density at radius 3 is 1.71 bits per heavy atom. The van der Waals surface area contributed by atoms with Gasteiger partial charge in [0.15, 0.2) is 34.9 Å². The van der Waals surface area contributed by atoms with Gasteiger partial charge in [0, 0.05) is 125 Å². The number of fused-ring (bicyclic) bond motifs is 5. The summed E-state index contributed by atoms with van der Waals surface area (Å²) in [5.41, 5.74) is 16.5. The second-order valence-electron chi connectivity index (χ2n) is 29.6. The number of nitrogens with zero attached hydrogens (tertiary/aromatic N) is 5. The molecule has 8 amide bonds. The molecule has 0 spiro atoms. The number of carbonyl (C=O) groups is 14. The Hall–Kier alpha value is -7.93. The number of hydrogen-bond donors (Lipinski definition) is 13. The molecule has 3 rings (SSSR count). The molecule has 0 unspecified atom stereocenters. The monoisotopic (exact) mass is 1820 g/mol. The van der Waals surface area contributed by atoms with Crippen molar-refractivity contribution in [2.75, 3.05) is 109 Å². The van der Waals surface area contributed by atoms with Crippen LogP contribution in [0.2, 0.25) is 0 Å². The fourth-order valence-corrected chi connectivity index (χ4v) is 15.1. The quantitative estimate of drug-likeness (QED) is 0.0111. The normalized spacial score (nSPS) is 19.7. The van der Waals surface area contributed by atoms with E-state index >= 15 is 0 Å². The zero-order valence-corrected chi connectivity index (χ0v) is 73.3. The topological polar surface area (TPSA) is 598 Å². The average molecular weight is 1820 g/mol. The Labute approximate surface area is 715 Å². The van der Waals surface area contributed by atoms with Crippen LogP contribution in [0.25, 0.3) is 10.6 Å². The van der Waals surface area contributed by atoms with Crippen molar-refractivity contribution < 1.29 is 126 Å². The summed E-state index contributed by atoms with van der Waals surface area (Å²) in [5, 5.41) is 64.1. The second-order valence-corrected chi connectivity index (χ2v) is 33.4. The number of oxime groups is 2. The number of primary amides is 1. The molecule has 0 saturated carbocycles. The third-order valence-corrected chi connectivity index (χ3v) is 22.8. The van der Waals surface area contributed by atoms with Gasteiger partial charge in [-0.1, -0.05) is 104 Å². The first-order valence-electron chi connectivity index (χ1n) is 39.7. The van der Waals surface area contributed by atoms with E-state index in [1.165, 1.54) is 0 Å². The van der Waals surface area contributed by atoms with E-state index in [2.05, 4.69) is 52.5 Å². The number of carboxylic acid groups (broad SMARTS) is 1. The average Bonchev–Trinajstić information content (AvgIpc) is 1.56. The van der Waals surface area contributed by atoms with Crippen molar-refractivity contribution in [3.05, 3.63) is 46.5 Å². The van der Waals surface area contributed by atoms with E-state index in [1.54, 1.807) is 44.2 Å². The molecule has 669 valence electrons. The number of Topliss-reactive ketones (excluding diaryl/α,β-unsaturated/α-hetero) is 5. The number of carbonyl (C=O) groups excluding carboxylic acids is 13. The van der Waals surface area contributed by atoms with Crippen LogP contribution in [0, 0.1) is 17.8 Å². The van der Waals surface area contributed by atoms with Gasteiger partial charge in [0.05, 0.1) is 62.8 Å². The van der Waals surface area contributed by atoms with Crippen molar-refractivity contribution >= 4 is 133 Å². The maximum atomic E-state index is 15.0. The van der Waals surface area contributed by atoms with Crippen LogP contribution in [-0.2, 0) is 117 Å². The molecule has 2 aliphatic heterocycles. The number of nitrogens with one attached hydrogen (secondary N) is 7. The summed E-state index contributed by atoms with van der Waals surface area (Å²) >= 11 is -0.954. The van der Waals surface area contributed by atoms with Crippen LogP contribution in [0.5, 0.6) is 0 Å². The Balaban J connectivity index is 0.0000157. The van der Waals surface area contributed by atoms with E-state index in [0.29, 0.717) is 68.7 Å². The number of benzene rings is 1. The fraction of sp³-hybridized carbons (Fsp3) is 0.701. The Morgan fingerprint density at radius 1 is 0.588 bits per heavy atom. The number of aliphatic imine (C=N–C) groups is 1. The van der Waals surface area contributed by atoms with Gasteiger partial charge in [-0.3, -0.25) is 72.1 Å². The van der Waals surface area contributed by atoms with E-state index in [9.17, 15) is 82.6 Å². The zero-order valence-electron chi connectivity index (χ0n) is 69.0. The number of ether oxygens (including phenoxy) is 4. The van der Waals surface area contributed by atoms with Crippen molar-refractivity contribution in [1.29, 1.82) is 0 Å². The molecule has 2 saturated heterocycles. The van der Waals surface area contributed by atoms with Gasteiger partial charge in [-0.2, -0.15) is 0 Å². The van der Waals surface area contributed by atoms with Crippen LogP contribution in [0.15, 0.2) is 45.6 Å². The first-order valence-corrected chi connectivity index (χ1v) is 44.8. The molecule has 2 heterocycles. The number of ketones is 5. The molecule has 16 N–H and O–H groups in total. The Bertz CT molecular complexity index is 3480. The summed E-state index contributed by atoms with van der Waals surface area (Å²) in [4.78, 5) is 195. The minimum atomic E-state index is -1.91. The predicted octanol–water partition coefficient (Wildman–Crippen LogP) is 3.20. The van der Waals surface area contributed by atoms with Crippen LogP contribution in [0.3, 0.4) is 0 Å². The molecule has 0 radical (unpaired) electrons. The number of rotatable bonds is 49. The number of guanidine groups is 1. The SMILES string of the molecule is C/C(=N/O)C(C)(C)[N-]CCC(CC[N-]C(C)(C)/C(C)=N\O)CCNC(=O)CCCC(=O)NCCCC[C@@H]1NC(=O)CSC[C@@H](C(=O)CCCOCCOCCOCCCC(=O)COCC(N)=O)NC(=O)[C@H](CCCN=C(N)N)CC(=O)[C@@H]2CSSC[C@H](NC1=O)C(=O)CCC(=O)N[C@@H](CC(=O)O)C(=O)C[C@@H](Cc1ccccc1)C(=O)N2.[O]=[Tc+2]=[O]. The van der Waals surface area contributed by atoms with Crippen LogP contribution in [0.4, 0.5) is 0 Å². The van der Waals surface area contributed by atoms with E-state index in [-0.39, 0.29) is 189 Å². The van der Waals surface area contributed by atoms with Crippen LogP contribution in [0.1, 0.15) is 176 Å². The molecular weight excluding hydrogens is 1700 g/mol. The molecule has 42 heteroatoms. The summed E-state index contributed by atoms with van der Waals surface area (Å²) in [5.74, 6) is -12.9. The molecular formula is C77H123N15O23S3Tc. The number of aliphatic carboxylic acids is 1. The number of amides is 8. The van der Waals surface area contributed by atoms with Gasteiger partial charge in [0.25, 0.3) is 0 Å². The minimum absolute atomic E-state index is 0.0124. The van der Waals surface area contributed by atoms with E-state index < -0.39 is 167 Å². The van der Waals surface area contributed by atoms with Crippen LogP contribution < -0.4 is 54.4 Å². The van der Waals surface area contributed by atoms with Crippen molar-refractivity contribution in [3.63, 3.8) is 0 Å². The maximum absolute atomic E-state index is 15.0. The molecule has 2 fully saturated rings. The number of thioether (sulfide) groups is 1. The molecule has 7 atom stereocenters. The number of hydrogen-bond acceptors (Lipinski definition) is 28. The molecule has 0 aromatic heterocycles. The number of carboxylic acids is 1. The van der Waals surface area contributed by atoms with Gasteiger partial charge < -0.3 is 99.5 Å². The van der Waals surface area contributed by atoms with Crippen molar-refractivity contribution in [2.45, 2.75) is 218 Å². The molecule has 1 aromatic carbocycles. The van der Waals surface area contributed by atoms with Crippen molar-refractivity contribution in [1.82, 2.24) is 37.2 Å². The molecule has 0 aliphatic carbocycles. The fourth-order valence-electron chi connectivity index (χ4n) is 11.8. The van der Waals surface area contributed by atoms with Gasteiger partial charge >= 0.3 is 30.6 Å². The summed E-state index contributed by atoms with van der Waals surface area (Å²) in [6, 6.07) is 1.54. The van der Waals surface area contributed by atoms with E-state index in [0.717, 1.165) is 33.3 Å². The summed E-state index contributed by atoms with van der Waals surface area (Å²) in [6.45, 7) is 12.8. The predicted molar refractivity (Wildman–Crippen MR) is 442 cm³/mol. The summed E-state index contributed by atoms with van der Waals surface area (Å²) in [7, 11) is 2.06. The van der Waals surface area contributed by atoms with Gasteiger partial charge in [0.2, 0.25) is 47.3 Å². The van der Waals surface area contributed by atoms with E-state index in [1.807, 2.05) is 27.7 Å². The summed E-state index contributed by atoms with van der Waals surface area (Å²) in [6.07, 6.45) is 0.412. The first kappa shape index (κ1) is 107. The van der Waals surface area contributed by atoms with Gasteiger partial charge in [0.1, 0.15) is 19.3 Å². The molecule has 2 aliphatic rings. The second kappa shape index (κ2) is 62.2. The van der Waals surface area contributed by atoms with Crippen LogP contribution in [-0.4, -0.2) is 265 Å². The number of unbranched alkanes of at least 4 members (excludes halogenated alkanes) is 1. The molecule has 1 aromatic rings. The molecule has 2 bridgehead atoms. The third kappa shape index (κ3) is 49.6.